The Hall–Kier alpha value is -0.570. The first-order valence-corrected chi connectivity index (χ1v) is 3.75. The Morgan fingerprint density at radius 1 is 1.60 bits per heavy atom. The molecule has 0 atom stereocenters. The SMILES string of the molecule is CO[n+]1ccc(C)cc1Br. The van der Waals surface area contributed by atoms with E-state index in [0.29, 0.717) is 0 Å². The summed E-state index contributed by atoms with van der Waals surface area (Å²) in [4.78, 5) is 4.97. The van der Waals surface area contributed by atoms with Gasteiger partial charge in [0, 0.05) is 32.8 Å². The summed E-state index contributed by atoms with van der Waals surface area (Å²) in [5, 5.41) is 0. The molecule has 0 aromatic carbocycles. The average Bonchev–Trinajstić information content (AvgIpc) is 1.88. The lowest BCUT2D eigenvalue weighted by Gasteiger charge is -1.93. The molecular formula is C7H9BrNO+. The first-order chi connectivity index (χ1) is 4.74. The van der Waals surface area contributed by atoms with E-state index < -0.39 is 0 Å². The largest absolute Gasteiger partial charge is 0.299 e. The molecule has 0 amide bonds. The highest BCUT2D eigenvalue weighted by Gasteiger charge is 2.05. The van der Waals surface area contributed by atoms with E-state index >= 15 is 0 Å². The number of aromatic nitrogens is 1. The van der Waals surface area contributed by atoms with Crippen LogP contribution in [0.1, 0.15) is 5.56 Å². The number of hydrogen-bond donors (Lipinski definition) is 0. The number of rotatable bonds is 1. The molecule has 0 N–H and O–H groups in total. The van der Waals surface area contributed by atoms with Crippen LogP contribution in [0.5, 0.6) is 0 Å². The van der Waals surface area contributed by atoms with Crippen LogP contribution in [0.2, 0.25) is 0 Å². The van der Waals surface area contributed by atoms with E-state index in [9.17, 15) is 0 Å². The number of aryl methyl sites for hydroxylation is 1. The molecule has 1 rings (SSSR count). The lowest BCUT2D eigenvalue weighted by atomic mass is 10.3. The van der Waals surface area contributed by atoms with Crippen molar-refractivity contribution in [3.8, 4) is 0 Å². The zero-order valence-corrected chi connectivity index (χ0v) is 7.55. The van der Waals surface area contributed by atoms with E-state index in [2.05, 4.69) is 15.9 Å². The van der Waals surface area contributed by atoms with Crippen LogP contribution in [-0.2, 0) is 0 Å². The van der Waals surface area contributed by atoms with Crippen molar-refractivity contribution in [3.63, 3.8) is 0 Å². The van der Waals surface area contributed by atoms with Crippen molar-refractivity contribution in [2.45, 2.75) is 6.92 Å². The van der Waals surface area contributed by atoms with Crippen molar-refractivity contribution in [1.82, 2.24) is 0 Å². The Morgan fingerprint density at radius 3 is 2.80 bits per heavy atom. The van der Waals surface area contributed by atoms with E-state index in [0.717, 1.165) is 4.60 Å². The summed E-state index contributed by atoms with van der Waals surface area (Å²) in [7, 11) is 1.63. The molecule has 2 nitrogen and oxygen atoms in total. The second-order valence-electron chi connectivity index (χ2n) is 2.04. The van der Waals surface area contributed by atoms with Gasteiger partial charge in [-0.05, 0) is 12.5 Å². The standard InChI is InChI=1S/C7H9BrNO/c1-6-3-4-9(10-2)7(8)5-6/h3-5H,1-2H3/q+1. The summed E-state index contributed by atoms with van der Waals surface area (Å²) in [6.45, 7) is 2.03. The minimum atomic E-state index is 0.926. The van der Waals surface area contributed by atoms with Crippen LogP contribution in [0.15, 0.2) is 22.9 Å². The first-order valence-electron chi connectivity index (χ1n) is 2.96. The number of pyridine rings is 1. The molecule has 0 unspecified atom stereocenters. The highest BCUT2D eigenvalue weighted by molar-refractivity contribution is 9.10. The maximum Gasteiger partial charge on any atom is 0.299 e. The molecule has 0 spiro atoms. The Balaban J connectivity index is 3.07. The molecule has 0 fully saturated rings. The normalized spacial score (nSPS) is 9.50. The van der Waals surface area contributed by atoms with Gasteiger partial charge in [0.05, 0.1) is 0 Å². The Morgan fingerprint density at radius 2 is 2.30 bits per heavy atom. The van der Waals surface area contributed by atoms with Gasteiger partial charge < -0.3 is 0 Å². The maximum absolute atomic E-state index is 4.97. The molecule has 0 saturated heterocycles. The highest BCUT2D eigenvalue weighted by atomic mass is 79.9. The fourth-order valence-electron chi connectivity index (χ4n) is 0.704. The molecule has 0 radical (unpaired) electrons. The zero-order valence-electron chi connectivity index (χ0n) is 5.97. The molecular weight excluding hydrogens is 194 g/mol. The van der Waals surface area contributed by atoms with E-state index in [4.69, 9.17) is 4.84 Å². The molecule has 0 bridgehead atoms. The lowest BCUT2D eigenvalue weighted by molar-refractivity contribution is -0.893. The Bertz CT molecular complexity index is 237. The van der Waals surface area contributed by atoms with Crippen molar-refractivity contribution in [1.29, 1.82) is 0 Å². The van der Waals surface area contributed by atoms with E-state index in [1.54, 1.807) is 11.8 Å². The van der Waals surface area contributed by atoms with Crippen LogP contribution in [0.4, 0.5) is 0 Å². The van der Waals surface area contributed by atoms with Crippen molar-refractivity contribution in [3.05, 3.63) is 28.5 Å². The van der Waals surface area contributed by atoms with Crippen LogP contribution < -0.4 is 9.57 Å². The third-order valence-electron chi connectivity index (χ3n) is 1.23. The molecule has 0 aliphatic rings. The van der Waals surface area contributed by atoms with Gasteiger partial charge in [0.1, 0.15) is 7.11 Å². The van der Waals surface area contributed by atoms with Gasteiger partial charge in [-0.15, -0.1) is 0 Å². The van der Waals surface area contributed by atoms with Crippen LogP contribution >= 0.6 is 15.9 Å². The zero-order chi connectivity index (χ0) is 7.56. The Labute approximate surface area is 68.5 Å². The smallest absolute Gasteiger partial charge is 0.274 e. The number of halogens is 1. The number of nitrogens with zero attached hydrogens (tertiary/aromatic N) is 1. The summed E-state index contributed by atoms with van der Waals surface area (Å²) in [6, 6.07) is 3.97. The highest BCUT2D eigenvalue weighted by Crippen LogP contribution is 2.03. The van der Waals surface area contributed by atoms with Gasteiger partial charge in [0.2, 0.25) is 6.20 Å². The monoisotopic (exact) mass is 202 g/mol. The second-order valence-corrected chi connectivity index (χ2v) is 2.85. The van der Waals surface area contributed by atoms with Crippen molar-refractivity contribution >= 4 is 15.9 Å². The van der Waals surface area contributed by atoms with Gasteiger partial charge in [-0.2, -0.15) is 0 Å². The maximum atomic E-state index is 4.97. The second kappa shape index (κ2) is 3.01. The van der Waals surface area contributed by atoms with E-state index in [-0.39, 0.29) is 0 Å². The van der Waals surface area contributed by atoms with Gasteiger partial charge in [-0.1, -0.05) is 0 Å². The van der Waals surface area contributed by atoms with Crippen LogP contribution in [0, 0.1) is 6.92 Å². The van der Waals surface area contributed by atoms with Gasteiger partial charge >= 0.3 is 0 Å². The molecule has 1 heterocycles. The predicted octanol–water partition coefficient (Wildman–Crippen LogP) is 1.10. The summed E-state index contributed by atoms with van der Waals surface area (Å²) in [5.74, 6) is 0. The summed E-state index contributed by atoms with van der Waals surface area (Å²) in [6.07, 6.45) is 1.86. The third kappa shape index (κ3) is 1.48. The summed E-state index contributed by atoms with van der Waals surface area (Å²) < 4.78 is 2.57. The summed E-state index contributed by atoms with van der Waals surface area (Å²) in [5.41, 5.74) is 1.21. The van der Waals surface area contributed by atoms with Crippen molar-refractivity contribution in [2.75, 3.05) is 7.11 Å². The molecule has 3 heteroatoms. The minimum absolute atomic E-state index is 0.926. The van der Waals surface area contributed by atoms with Gasteiger partial charge in [0.15, 0.2) is 0 Å². The van der Waals surface area contributed by atoms with Gasteiger partial charge in [-0.3, -0.25) is 4.84 Å². The minimum Gasteiger partial charge on any atom is -0.274 e. The fraction of sp³-hybridized carbons (Fsp3) is 0.286. The topological polar surface area (TPSA) is 13.1 Å². The number of hydrogen-bond acceptors (Lipinski definition) is 1. The van der Waals surface area contributed by atoms with Crippen LogP contribution in [-0.4, -0.2) is 7.11 Å². The van der Waals surface area contributed by atoms with Gasteiger partial charge in [0.25, 0.3) is 4.60 Å². The predicted molar refractivity (Wildman–Crippen MR) is 41.6 cm³/mol. The van der Waals surface area contributed by atoms with E-state index in [1.165, 1.54) is 5.56 Å². The Kier molecular flexibility index (Phi) is 2.27. The first kappa shape index (κ1) is 7.54. The molecule has 1 aromatic rings. The fourth-order valence-corrected chi connectivity index (χ4v) is 1.33. The van der Waals surface area contributed by atoms with E-state index in [1.807, 2.05) is 25.3 Å². The third-order valence-corrected chi connectivity index (χ3v) is 1.81. The molecule has 10 heavy (non-hydrogen) atoms. The van der Waals surface area contributed by atoms with Gasteiger partial charge in [-0.25, -0.2) is 0 Å². The van der Waals surface area contributed by atoms with Crippen LogP contribution in [0.3, 0.4) is 0 Å². The molecule has 1 aromatic heterocycles. The average molecular weight is 203 g/mol. The summed E-state index contributed by atoms with van der Waals surface area (Å²) >= 11 is 3.35. The molecule has 0 aliphatic heterocycles. The van der Waals surface area contributed by atoms with Crippen molar-refractivity contribution in [2.24, 2.45) is 0 Å². The lowest BCUT2D eigenvalue weighted by Crippen LogP contribution is -2.41. The quantitative estimate of drug-likeness (QED) is 0.492. The van der Waals surface area contributed by atoms with Crippen molar-refractivity contribution < 1.29 is 9.57 Å². The molecule has 54 valence electrons. The molecule has 0 aliphatic carbocycles. The van der Waals surface area contributed by atoms with Crippen LogP contribution in [0.25, 0.3) is 0 Å². The molecule has 0 saturated carbocycles.